The Bertz CT molecular complexity index is 955. The average molecular weight is 380 g/mol. The highest BCUT2D eigenvalue weighted by Gasteiger charge is 2.28. The molecular weight excluding hydrogens is 360 g/mol. The van der Waals surface area contributed by atoms with Crippen molar-refractivity contribution >= 4 is 22.8 Å². The number of aromatic nitrogens is 1. The van der Waals surface area contributed by atoms with Crippen LogP contribution < -0.4 is 4.90 Å². The number of carbonyl (C=O) groups excluding carboxylic acids is 1. The predicted octanol–water partition coefficient (Wildman–Crippen LogP) is 3.49. The van der Waals surface area contributed by atoms with E-state index in [4.69, 9.17) is 4.42 Å². The molecule has 0 saturated heterocycles. The maximum Gasteiger partial charge on any atom is 0.276 e. The highest BCUT2D eigenvalue weighted by Crippen LogP contribution is 2.28. The molecule has 2 heterocycles. The number of carbonyl (C=O) groups is 1. The first kappa shape index (κ1) is 17.8. The van der Waals surface area contributed by atoms with E-state index in [0.29, 0.717) is 23.9 Å². The Balaban J connectivity index is 1.42. The summed E-state index contributed by atoms with van der Waals surface area (Å²) in [4.78, 5) is 18.8. The number of rotatable bonds is 5. The number of aryl methyl sites for hydroxylation is 1. The summed E-state index contributed by atoms with van der Waals surface area (Å²) in [5.74, 6) is 1.24. The average Bonchev–Trinajstić information content (AvgIpc) is 3.26. The van der Waals surface area contributed by atoms with E-state index in [9.17, 15) is 9.35 Å². The zero-order valence-corrected chi connectivity index (χ0v) is 15.9. The van der Waals surface area contributed by atoms with E-state index < -0.39 is 11.2 Å². The number of nitrogens with zero attached hydrogens (tertiary/aromatic N) is 2. The fraction of sp³-hybridized carbons (Fsp3) is 0.238. The molecule has 0 spiro atoms. The van der Waals surface area contributed by atoms with Gasteiger partial charge in [-0.2, -0.15) is 0 Å². The van der Waals surface area contributed by atoms with Gasteiger partial charge in [0.15, 0.2) is 11.5 Å². The van der Waals surface area contributed by atoms with Gasteiger partial charge in [0.25, 0.3) is 5.91 Å². The molecule has 0 radical (unpaired) electrons. The van der Waals surface area contributed by atoms with E-state index in [1.54, 1.807) is 4.90 Å². The third kappa shape index (κ3) is 3.77. The lowest BCUT2D eigenvalue weighted by molar-refractivity contribution is -0.116. The maximum absolute atomic E-state index is 12.6. The summed E-state index contributed by atoms with van der Waals surface area (Å²) in [6, 6.07) is 17.5. The first-order valence-electron chi connectivity index (χ1n) is 8.87. The number of hydrogen-bond acceptors (Lipinski definition) is 4. The molecule has 1 amide bonds. The molecule has 1 aliphatic rings. The summed E-state index contributed by atoms with van der Waals surface area (Å²) in [7, 11) is 0. The van der Waals surface area contributed by atoms with Crippen LogP contribution in [-0.2, 0) is 28.1 Å². The number of anilines is 1. The van der Waals surface area contributed by atoms with Crippen molar-refractivity contribution in [2.75, 3.05) is 17.2 Å². The summed E-state index contributed by atoms with van der Waals surface area (Å²) in [6.07, 6.45) is 0.845. The molecule has 0 aliphatic carbocycles. The van der Waals surface area contributed by atoms with Gasteiger partial charge in [-0.05, 0) is 48.3 Å². The van der Waals surface area contributed by atoms with Crippen molar-refractivity contribution in [1.82, 2.24) is 4.98 Å². The summed E-state index contributed by atoms with van der Waals surface area (Å²) in [5.41, 5.74) is 3.61. The second-order valence-corrected chi connectivity index (χ2v) is 8.00. The minimum atomic E-state index is -1.34. The largest absolute Gasteiger partial charge is 0.616 e. The van der Waals surface area contributed by atoms with Gasteiger partial charge in [0.1, 0.15) is 11.5 Å². The van der Waals surface area contributed by atoms with Crippen molar-refractivity contribution < 1.29 is 13.8 Å². The fourth-order valence-corrected chi connectivity index (χ4v) is 4.39. The van der Waals surface area contributed by atoms with Gasteiger partial charge in [0, 0.05) is 17.8 Å². The molecule has 0 bridgehead atoms. The Labute approximate surface area is 161 Å². The minimum absolute atomic E-state index is 0.0126. The van der Waals surface area contributed by atoms with Gasteiger partial charge in [-0.25, -0.2) is 4.98 Å². The number of para-hydroxylation sites is 1. The molecule has 4 rings (SSSR count). The molecule has 3 aromatic rings. The first-order valence-corrected chi connectivity index (χ1v) is 10.4. The number of amides is 1. The summed E-state index contributed by atoms with van der Waals surface area (Å²) in [6.45, 7) is 2.46. The number of fused-ring (bicyclic) bond motifs is 1. The zero-order chi connectivity index (χ0) is 18.8. The van der Waals surface area contributed by atoms with Crippen LogP contribution in [0.15, 0.2) is 59.0 Å². The smallest absolute Gasteiger partial charge is 0.276 e. The molecule has 27 heavy (non-hydrogen) atoms. The Morgan fingerprint density at radius 2 is 1.93 bits per heavy atom. The van der Waals surface area contributed by atoms with E-state index in [0.717, 1.165) is 23.2 Å². The maximum atomic E-state index is 12.6. The number of benzene rings is 2. The Hall–Kier alpha value is -2.57. The van der Waals surface area contributed by atoms with Crippen LogP contribution in [0.5, 0.6) is 0 Å². The Morgan fingerprint density at radius 1 is 1.19 bits per heavy atom. The third-order valence-corrected chi connectivity index (χ3v) is 5.85. The van der Waals surface area contributed by atoms with E-state index in [-0.39, 0.29) is 17.4 Å². The molecule has 1 unspecified atom stereocenters. The van der Waals surface area contributed by atoms with Crippen LogP contribution in [0.1, 0.15) is 17.0 Å². The van der Waals surface area contributed by atoms with Gasteiger partial charge >= 0.3 is 0 Å². The van der Waals surface area contributed by atoms with Crippen molar-refractivity contribution in [3.63, 3.8) is 0 Å². The van der Waals surface area contributed by atoms with E-state index in [2.05, 4.69) is 4.98 Å². The van der Waals surface area contributed by atoms with Crippen LogP contribution in [0.25, 0.3) is 11.5 Å². The zero-order valence-electron chi connectivity index (χ0n) is 15.1. The van der Waals surface area contributed by atoms with Crippen LogP contribution in [-0.4, -0.2) is 27.7 Å². The topological polar surface area (TPSA) is 69.4 Å². The first-order chi connectivity index (χ1) is 13.1. The van der Waals surface area contributed by atoms with Gasteiger partial charge in [0.05, 0.1) is 0 Å². The lowest BCUT2D eigenvalue weighted by Crippen LogP contribution is -2.34. The molecule has 1 atom stereocenters. The second-order valence-electron chi connectivity index (χ2n) is 6.54. The lowest BCUT2D eigenvalue weighted by atomic mass is 10.2. The van der Waals surface area contributed by atoms with Crippen LogP contribution in [0, 0.1) is 6.92 Å². The molecule has 1 aromatic heterocycles. The van der Waals surface area contributed by atoms with Crippen LogP contribution in [0.2, 0.25) is 0 Å². The molecule has 138 valence electrons. The van der Waals surface area contributed by atoms with Gasteiger partial charge in [-0.3, -0.25) is 4.79 Å². The molecule has 2 aromatic carbocycles. The van der Waals surface area contributed by atoms with E-state index in [1.165, 1.54) is 0 Å². The summed E-state index contributed by atoms with van der Waals surface area (Å²) in [5, 5.41) is 0. The van der Waals surface area contributed by atoms with E-state index >= 15 is 0 Å². The molecule has 5 nitrogen and oxygen atoms in total. The van der Waals surface area contributed by atoms with E-state index in [1.807, 2.05) is 61.5 Å². The SMILES string of the molecule is Cc1oc(-c2ccccc2)nc1C[S+]([O-])CC(=O)N1CCc2ccccc21. The van der Waals surface area contributed by atoms with Crippen molar-refractivity contribution in [3.8, 4) is 11.5 Å². The third-order valence-electron chi connectivity index (χ3n) is 4.68. The van der Waals surface area contributed by atoms with Crippen molar-refractivity contribution in [1.29, 1.82) is 0 Å². The van der Waals surface area contributed by atoms with Gasteiger partial charge in [0.2, 0.25) is 5.89 Å². The second kappa shape index (κ2) is 7.58. The lowest BCUT2D eigenvalue weighted by Gasteiger charge is -2.18. The highest BCUT2D eigenvalue weighted by atomic mass is 32.2. The van der Waals surface area contributed by atoms with Crippen LogP contribution >= 0.6 is 0 Å². The number of hydrogen-bond donors (Lipinski definition) is 0. The Morgan fingerprint density at radius 3 is 2.74 bits per heavy atom. The highest BCUT2D eigenvalue weighted by molar-refractivity contribution is 7.91. The predicted molar refractivity (Wildman–Crippen MR) is 106 cm³/mol. The van der Waals surface area contributed by atoms with Crippen LogP contribution in [0.4, 0.5) is 5.69 Å². The van der Waals surface area contributed by atoms with Gasteiger partial charge < -0.3 is 13.9 Å². The summed E-state index contributed by atoms with van der Waals surface area (Å²) >= 11 is -1.34. The molecule has 0 fully saturated rings. The van der Waals surface area contributed by atoms with Crippen LogP contribution in [0.3, 0.4) is 0 Å². The molecule has 0 N–H and O–H groups in total. The van der Waals surface area contributed by atoms with Gasteiger partial charge in [-0.1, -0.05) is 36.4 Å². The van der Waals surface area contributed by atoms with Crippen molar-refractivity contribution in [2.24, 2.45) is 0 Å². The van der Waals surface area contributed by atoms with Crippen molar-refractivity contribution in [3.05, 3.63) is 71.6 Å². The van der Waals surface area contributed by atoms with Crippen molar-refractivity contribution in [2.45, 2.75) is 19.1 Å². The molecule has 0 saturated carbocycles. The monoisotopic (exact) mass is 380 g/mol. The quantitative estimate of drug-likeness (QED) is 0.636. The molecule has 1 aliphatic heterocycles. The molecular formula is C21H20N2O3S. The fourth-order valence-electron chi connectivity index (χ4n) is 3.28. The Kier molecular flexibility index (Phi) is 5.01. The normalized spacial score (nSPS) is 14.2. The number of oxazole rings is 1. The van der Waals surface area contributed by atoms with Gasteiger partial charge in [-0.15, -0.1) is 0 Å². The summed E-state index contributed by atoms with van der Waals surface area (Å²) < 4.78 is 18.3. The molecule has 6 heteroatoms. The standard InChI is InChI=1S/C21H20N2O3S/c1-15-18(22-21(26-15)17-8-3-2-4-9-17)13-27(25)14-20(24)23-12-11-16-7-5-6-10-19(16)23/h2-10H,11-14H2,1H3. The minimum Gasteiger partial charge on any atom is -0.616 e.